The molecule has 0 saturated carbocycles. The van der Waals surface area contributed by atoms with Crippen LogP contribution in [0.15, 0.2) is 11.1 Å². The fraction of sp³-hybridized carbons (Fsp3) is 0.700. The first-order valence-electron chi connectivity index (χ1n) is 4.80. The standard InChI is InChI=1S/C10H18N2O2/c1-7(8-4-11-5-8)9(13)12-6-10(2,3)14/h11,14H,4-6H2,1-3H3,(H,12,13). The Balaban J connectivity index is 2.43. The molecule has 4 heteroatoms. The predicted octanol–water partition coefficient (Wildman–Crippen LogP) is -0.207. The molecule has 0 spiro atoms. The fourth-order valence-corrected chi connectivity index (χ4v) is 1.10. The van der Waals surface area contributed by atoms with Gasteiger partial charge in [-0.2, -0.15) is 0 Å². The van der Waals surface area contributed by atoms with Crippen LogP contribution in [0, 0.1) is 0 Å². The third-order valence-electron chi connectivity index (χ3n) is 2.23. The third kappa shape index (κ3) is 3.12. The molecule has 0 atom stereocenters. The molecular weight excluding hydrogens is 180 g/mol. The average Bonchev–Trinajstić information content (AvgIpc) is 1.95. The van der Waals surface area contributed by atoms with Crippen LogP contribution < -0.4 is 10.6 Å². The zero-order valence-electron chi connectivity index (χ0n) is 8.98. The van der Waals surface area contributed by atoms with Crippen molar-refractivity contribution in [1.82, 2.24) is 10.6 Å². The molecule has 0 aromatic heterocycles. The van der Waals surface area contributed by atoms with E-state index in [0.717, 1.165) is 24.2 Å². The van der Waals surface area contributed by atoms with Gasteiger partial charge < -0.3 is 15.7 Å². The van der Waals surface area contributed by atoms with Crippen LogP contribution in [0.1, 0.15) is 20.8 Å². The van der Waals surface area contributed by atoms with Gasteiger partial charge in [0.05, 0.1) is 5.60 Å². The molecule has 0 radical (unpaired) electrons. The van der Waals surface area contributed by atoms with Gasteiger partial charge in [0.1, 0.15) is 0 Å². The van der Waals surface area contributed by atoms with Crippen molar-refractivity contribution in [3.8, 4) is 0 Å². The largest absolute Gasteiger partial charge is 0.389 e. The molecule has 0 unspecified atom stereocenters. The van der Waals surface area contributed by atoms with E-state index >= 15 is 0 Å². The second kappa shape index (κ2) is 4.11. The number of hydrogen-bond acceptors (Lipinski definition) is 3. The molecule has 1 aliphatic rings. The lowest BCUT2D eigenvalue weighted by Gasteiger charge is -2.23. The summed E-state index contributed by atoms with van der Waals surface area (Å²) in [5.74, 6) is -0.0800. The highest BCUT2D eigenvalue weighted by atomic mass is 16.3. The Hall–Kier alpha value is -0.870. The molecule has 0 aromatic rings. The first-order valence-corrected chi connectivity index (χ1v) is 4.80. The monoisotopic (exact) mass is 198 g/mol. The molecular formula is C10H18N2O2. The number of amides is 1. The van der Waals surface area contributed by atoms with Gasteiger partial charge in [-0.1, -0.05) is 0 Å². The predicted molar refractivity (Wildman–Crippen MR) is 54.9 cm³/mol. The average molecular weight is 198 g/mol. The van der Waals surface area contributed by atoms with Crippen molar-refractivity contribution >= 4 is 5.91 Å². The minimum atomic E-state index is -0.849. The number of rotatable bonds is 3. The minimum Gasteiger partial charge on any atom is -0.389 e. The maximum Gasteiger partial charge on any atom is 0.247 e. The zero-order valence-corrected chi connectivity index (χ0v) is 8.98. The van der Waals surface area contributed by atoms with Crippen LogP contribution in [0.2, 0.25) is 0 Å². The van der Waals surface area contributed by atoms with Crippen LogP contribution in [0.3, 0.4) is 0 Å². The Labute approximate surface area is 84.4 Å². The van der Waals surface area contributed by atoms with Gasteiger partial charge in [-0.15, -0.1) is 0 Å². The maximum atomic E-state index is 11.5. The number of aliphatic hydroxyl groups is 1. The zero-order chi connectivity index (χ0) is 10.8. The summed E-state index contributed by atoms with van der Waals surface area (Å²) in [6, 6.07) is 0. The van der Waals surface area contributed by atoms with Crippen molar-refractivity contribution in [2.24, 2.45) is 0 Å². The number of hydrogen-bond donors (Lipinski definition) is 3. The van der Waals surface area contributed by atoms with Gasteiger partial charge in [0, 0.05) is 25.2 Å². The molecule has 14 heavy (non-hydrogen) atoms. The van der Waals surface area contributed by atoms with Gasteiger partial charge in [0.25, 0.3) is 0 Å². The Kier molecular flexibility index (Phi) is 3.29. The van der Waals surface area contributed by atoms with Crippen molar-refractivity contribution in [1.29, 1.82) is 0 Å². The summed E-state index contributed by atoms with van der Waals surface area (Å²) in [4.78, 5) is 11.5. The summed E-state index contributed by atoms with van der Waals surface area (Å²) in [6.45, 7) is 7.05. The summed E-state index contributed by atoms with van der Waals surface area (Å²) in [7, 11) is 0. The Bertz CT molecular complexity index is 258. The molecule has 1 saturated heterocycles. The van der Waals surface area contributed by atoms with Gasteiger partial charge in [-0.25, -0.2) is 0 Å². The highest BCUT2D eigenvalue weighted by Crippen LogP contribution is 2.08. The Morgan fingerprint density at radius 2 is 2.14 bits per heavy atom. The highest BCUT2D eigenvalue weighted by molar-refractivity contribution is 5.94. The van der Waals surface area contributed by atoms with E-state index < -0.39 is 5.60 Å². The van der Waals surface area contributed by atoms with Crippen molar-refractivity contribution in [2.45, 2.75) is 26.4 Å². The maximum absolute atomic E-state index is 11.5. The molecule has 4 nitrogen and oxygen atoms in total. The molecule has 0 aromatic carbocycles. The molecule has 0 bridgehead atoms. The summed E-state index contributed by atoms with van der Waals surface area (Å²) in [6.07, 6.45) is 0. The first kappa shape index (κ1) is 11.2. The van der Waals surface area contributed by atoms with Crippen LogP contribution in [-0.4, -0.2) is 36.2 Å². The van der Waals surface area contributed by atoms with Crippen molar-refractivity contribution in [3.63, 3.8) is 0 Å². The van der Waals surface area contributed by atoms with Gasteiger partial charge in [-0.3, -0.25) is 4.79 Å². The lowest BCUT2D eigenvalue weighted by atomic mass is 10.0. The fourth-order valence-electron chi connectivity index (χ4n) is 1.10. The van der Waals surface area contributed by atoms with E-state index in [2.05, 4.69) is 10.6 Å². The van der Waals surface area contributed by atoms with Gasteiger partial charge in [0.2, 0.25) is 5.91 Å². The van der Waals surface area contributed by atoms with Gasteiger partial charge >= 0.3 is 0 Å². The topological polar surface area (TPSA) is 61.4 Å². The minimum absolute atomic E-state index is 0.0800. The highest BCUT2D eigenvalue weighted by Gasteiger charge is 2.18. The Morgan fingerprint density at radius 1 is 1.57 bits per heavy atom. The normalized spacial score (nSPS) is 16.1. The van der Waals surface area contributed by atoms with Crippen LogP contribution in [0.4, 0.5) is 0 Å². The van der Waals surface area contributed by atoms with Gasteiger partial charge in [-0.05, 0) is 26.3 Å². The molecule has 1 heterocycles. The number of nitrogens with one attached hydrogen (secondary N) is 2. The molecule has 80 valence electrons. The van der Waals surface area contributed by atoms with Gasteiger partial charge in [0.15, 0.2) is 0 Å². The SMILES string of the molecule is CC(C(=O)NCC(C)(C)O)=C1CNC1. The number of carbonyl (C=O) groups excluding carboxylic acids is 1. The lowest BCUT2D eigenvalue weighted by molar-refractivity contribution is -0.118. The summed E-state index contributed by atoms with van der Waals surface area (Å²) >= 11 is 0. The van der Waals surface area contributed by atoms with E-state index in [1.54, 1.807) is 13.8 Å². The molecule has 0 aliphatic carbocycles. The van der Waals surface area contributed by atoms with E-state index in [0.29, 0.717) is 0 Å². The smallest absolute Gasteiger partial charge is 0.247 e. The van der Waals surface area contributed by atoms with Crippen molar-refractivity contribution in [2.75, 3.05) is 19.6 Å². The quantitative estimate of drug-likeness (QED) is 0.550. The lowest BCUT2D eigenvalue weighted by Crippen LogP contribution is -2.41. The second-order valence-electron chi connectivity index (χ2n) is 4.33. The number of carbonyl (C=O) groups is 1. The van der Waals surface area contributed by atoms with E-state index in [4.69, 9.17) is 0 Å². The molecule has 3 N–H and O–H groups in total. The first-order chi connectivity index (χ1) is 6.40. The van der Waals surface area contributed by atoms with E-state index in [-0.39, 0.29) is 12.5 Å². The molecule has 1 amide bonds. The molecule has 1 aliphatic heterocycles. The van der Waals surface area contributed by atoms with Crippen molar-refractivity contribution in [3.05, 3.63) is 11.1 Å². The van der Waals surface area contributed by atoms with E-state index in [9.17, 15) is 9.90 Å². The summed E-state index contributed by atoms with van der Waals surface area (Å²) in [5, 5.41) is 15.2. The summed E-state index contributed by atoms with van der Waals surface area (Å²) in [5.41, 5.74) is 1.07. The molecule has 1 rings (SSSR count). The van der Waals surface area contributed by atoms with Crippen LogP contribution in [-0.2, 0) is 4.79 Å². The van der Waals surface area contributed by atoms with E-state index in [1.165, 1.54) is 0 Å². The third-order valence-corrected chi connectivity index (χ3v) is 2.23. The summed E-state index contributed by atoms with van der Waals surface area (Å²) < 4.78 is 0. The van der Waals surface area contributed by atoms with Crippen molar-refractivity contribution < 1.29 is 9.90 Å². The Morgan fingerprint density at radius 3 is 2.50 bits per heavy atom. The molecule has 1 fully saturated rings. The van der Waals surface area contributed by atoms with E-state index in [1.807, 2.05) is 6.92 Å². The van der Waals surface area contributed by atoms with Crippen LogP contribution in [0.25, 0.3) is 0 Å². The van der Waals surface area contributed by atoms with Crippen LogP contribution in [0.5, 0.6) is 0 Å². The van der Waals surface area contributed by atoms with Crippen LogP contribution >= 0.6 is 0 Å². The second-order valence-corrected chi connectivity index (χ2v) is 4.33.